The van der Waals surface area contributed by atoms with Gasteiger partial charge in [0, 0.05) is 45.9 Å². The van der Waals surface area contributed by atoms with Crippen molar-refractivity contribution in [3.05, 3.63) is 203 Å². The highest BCUT2D eigenvalue weighted by atomic mass is 32.2. The number of benzene rings is 6. The summed E-state index contributed by atoms with van der Waals surface area (Å²) in [7, 11) is -6.65. The lowest BCUT2D eigenvalue weighted by molar-refractivity contribution is 0.0966. The lowest BCUT2D eigenvalue weighted by Crippen LogP contribution is -2.40. The summed E-state index contributed by atoms with van der Waals surface area (Å²) < 4.78 is 64.9. The highest BCUT2D eigenvalue weighted by Gasteiger charge is 2.52. The number of nitrogens with zero attached hydrogens (tertiary/aromatic N) is 2. The third-order valence-corrected chi connectivity index (χ3v) is 12.9. The molecule has 2 aliphatic heterocycles. The summed E-state index contributed by atoms with van der Waals surface area (Å²) in [5.41, 5.74) is 4.31. The molecular weight excluding hydrogens is 765 g/mol. The number of rotatable bonds is 13. The molecule has 2 aliphatic rings. The molecule has 0 fully saturated rings. The van der Waals surface area contributed by atoms with Crippen molar-refractivity contribution in [1.82, 2.24) is 0 Å². The summed E-state index contributed by atoms with van der Waals surface area (Å²) in [5, 5.41) is 0. The van der Waals surface area contributed by atoms with Crippen molar-refractivity contribution in [3.63, 3.8) is 0 Å². The highest BCUT2D eigenvalue weighted by Crippen LogP contribution is 2.48. The van der Waals surface area contributed by atoms with Crippen molar-refractivity contribution in [2.45, 2.75) is 36.1 Å². The van der Waals surface area contributed by atoms with Crippen molar-refractivity contribution in [2.24, 2.45) is 9.98 Å². The third kappa shape index (κ3) is 7.62. The number of aliphatic imine (C=N–C) groups is 2. The molecule has 6 aromatic carbocycles. The van der Waals surface area contributed by atoms with Gasteiger partial charge in [-0.15, -0.1) is 0 Å². The van der Waals surface area contributed by atoms with Crippen LogP contribution in [0.2, 0.25) is 0 Å². The molecule has 0 N–H and O–H groups in total. The van der Waals surface area contributed by atoms with Crippen LogP contribution < -0.4 is 0 Å². The molecule has 0 spiro atoms. The van der Waals surface area contributed by atoms with Crippen molar-refractivity contribution in [1.29, 1.82) is 0 Å². The predicted molar refractivity (Wildman–Crippen MR) is 231 cm³/mol. The van der Waals surface area contributed by atoms with Crippen molar-refractivity contribution in [2.75, 3.05) is 24.0 Å². The average Bonchev–Trinajstić information content (AvgIpc) is 3.84. The maximum atomic E-state index is 12.6. The van der Waals surface area contributed by atoms with Gasteiger partial charge in [-0.25, -0.2) is 26.8 Å². The first-order valence-electron chi connectivity index (χ1n) is 19.3. The maximum Gasteiger partial charge on any atom is 0.218 e. The first-order valence-corrected chi connectivity index (χ1v) is 23.4. The van der Waals surface area contributed by atoms with Crippen LogP contribution in [-0.4, -0.2) is 64.7 Å². The molecule has 0 aromatic heterocycles. The minimum atomic E-state index is -3.33. The van der Waals surface area contributed by atoms with Crippen LogP contribution in [0.15, 0.2) is 180 Å². The van der Waals surface area contributed by atoms with Crippen molar-refractivity contribution >= 4 is 31.5 Å². The Labute approximate surface area is 340 Å². The number of ether oxygens (including phenoxy) is 2. The summed E-state index contributed by atoms with van der Waals surface area (Å²) in [6.07, 6.45) is 2.98. The minimum absolute atomic E-state index is 0.0635. The Morgan fingerprint density at radius 3 is 0.948 bits per heavy atom. The second-order valence-corrected chi connectivity index (χ2v) is 19.5. The Kier molecular flexibility index (Phi) is 10.6. The van der Waals surface area contributed by atoms with E-state index in [4.69, 9.17) is 19.5 Å². The lowest BCUT2D eigenvalue weighted by Gasteiger charge is -2.35. The van der Waals surface area contributed by atoms with Gasteiger partial charge in [0.25, 0.3) is 0 Å². The Morgan fingerprint density at radius 1 is 0.414 bits per heavy atom. The number of hydrogen-bond acceptors (Lipinski definition) is 8. The summed E-state index contributed by atoms with van der Waals surface area (Å²) in [6.45, 7) is 0. The van der Waals surface area contributed by atoms with E-state index >= 15 is 0 Å². The van der Waals surface area contributed by atoms with Crippen LogP contribution in [0.1, 0.15) is 46.2 Å². The van der Waals surface area contributed by atoms with Crippen LogP contribution in [0.4, 0.5) is 0 Å². The molecule has 294 valence electrons. The number of hydrogen-bond donors (Lipinski definition) is 0. The minimum Gasteiger partial charge on any atom is -0.459 e. The number of sulfone groups is 2. The molecule has 0 saturated carbocycles. The van der Waals surface area contributed by atoms with Gasteiger partial charge in [0.05, 0.1) is 11.5 Å². The fourth-order valence-electron chi connectivity index (χ4n) is 8.29. The third-order valence-electron chi connectivity index (χ3n) is 10.9. The SMILES string of the molecule is CS(=O)(=O)CC[C@@H]1N=C(c2ccccc2-c2ccccc2C2=N[C@@H](CCS(C)(=O)=O)C(c3ccccc3)(c3ccccc3)O2)OC1(c1ccccc1)c1ccccc1. The smallest absolute Gasteiger partial charge is 0.218 e. The highest BCUT2D eigenvalue weighted by molar-refractivity contribution is 7.90. The zero-order valence-electron chi connectivity index (χ0n) is 32.3. The van der Waals surface area contributed by atoms with E-state index in [0.29, 0.717) is 11.8 Å². The van der Waals surface area contributed by atoms with E-state index in [0.717, 1.165) is 44.5 Å². The summed E-state index contributed by atoms with van der Waals surface area (Å²) in [5.74, 6) is 0.650. The molecule has 6 aromatic rings. The van der Waals surface area contributed by atoms with Gasteiger partial charge in [-0.05, 0) is 36.1 Å². The van der Waals surface area contributed by atoms with Crippen LogP contribution in [0.25, 0.3) is 11.1 Å². The van der Waals surface area contributed by atoms with Crippen LogP contribution in [0.3, 0.4) is 0 Å². The molecule has 0 unspecified atom stereocenters. The standard InChI is InChI=1S/C48H44N2O6S2/c1-57(51,52)33-31-43-47(35-19-7-3-8-20-35,36-21-9-4-10-22-36)55-45(49-43)41-29-17-15-27-39(41)40-28-16-18-30-42(40)46-50-44(32-34-58(2,53)54)48(56-46,37-23-11-5-12-24-37)38-25-13-6-14-26-38/h3-30,43-44H,31-34H2,1-2H3/t43-,44-/m0/s1. The summed E-state index contributed by atoms with van der Waals surface area (Å²) in [6, 6.07) is 54.0. The van der Waals surface area contributed by atoms with E-state index in [1.807, 2.05) is 170 Å². The van der Waals surface area contributed by atoms with Crippen LogP contribution in [0, 0.1) is 0 Å². The van der Waals surface area contributed by atoms with E-state index in [2.05, 4.69) is 0 Å². The van der Waals surface area contributed by atoms with Gasteiger partial charge < -0.3 is 9.47 Å². The van der Waals surface area contributed by atoms with Gasteiger partial charge in [0.1, 0.15) is 31.8 Å². The quantitative estimate of drug-likeness (QED) is 0.116. The van der Waals surface area contributed by atoms with Crippen molar-refractivity contribution < 1.29 is 26.3 Å². The zero-order chi connectivity index (χ0) is 40.4. The molecule has 0 radical (unpaired) electrons. The van der Waals surface area contributed by atoms with Gasteiger partial charge in [0.2, 0.25) is 11.8 Å². The summed E-state index contributed by atoms with van der Waals surface area (Å²) >= 11 is 0. The molecule has 0 aliphatic carbocycles. The van der Waals surface area contributed by atoms with Gasteiger partial charge in [-0.3, -0.25) is 0 Å². The van der Waals surface area contributed by atoms with Crippen molar-refractivity contribution in [3.8, 4) is 11.1 Å². The molecule has 10 heteroatoms. The van der Waals surface area contributed by atoms with Gasteiger partial charge in [0.15, 0.2) is 11.2 Å². The van der Waals surface area contributed by atoms with E-state index in [-0.39, 0.29) is 24.3 Å². The average molecular weight is 809 g/mol. The molecule has 2 atom stereocenters. The van der Waals surface area contributed by atoms with Crippen LogP contribution in [-0.2, 0) is 40.4 Å². The molecule has 2 heterocycles. The van der Waals surface area contributed by atoms with E-state index in [1.165, 1.54) is 12.5 Å². The van der Waals surface area contributed by atoms with E-state index in [1.54, 1.807) is 0 Å². The van der Waals surface area contributed by atoms with Gasteiger partial charge >= 0.3 is 0 Å². The molecule has 58 heavy (non-hydrogen) atoms. The van der Waals surface area contributed by atoms with Crippen LogP contribution >= 0.6 is 0 Å². The first-order chi connectivity index (χ1) is 28.0. The maximum absolute atomic E-state index is 12.6. The molecule has 0 saturated heterocycles. The summed E-state index contributed by atoms with van der Waals surface area (Å²) in [4.78, 5) is 10.5. The lowest BCUT2D eigenvalue weighted by atomic mass is 9.79. The molecule has 0 bridgehead atoms. The van der Waals surface area contributed by atoms with Gasteiger partial charge in [-0.1, -0.05) is 158 Å². The first kappa shape index (κ1) is 39.0. The van der Waals surface area contributed by atoms with Crippen LogP contribution in [0.5, 0.6) is 0 Å². The van der Waals surface area contributed by atoms with E-state index < -0.39 is 43.0 Å². The second-order valence-electron chi connectivity index (χ2n) is 15.0. The Hall–Kier alpha value is -5.84. The topological polar surface area (TPSA) is 111 Å². The Morgan fingerprint density at radius 2 is 0.672 bits per heavy atom. The molecule has 8 nitrogen and oxygen atoms in total. The fourth-order valence-corrected chi connectivity index (χ4v) is 9.59. The zero-order valence-corrected chi connectivity index (χ0v) is 33.9. The van der Waals surface area contributed by atoms with E-state index in [9.17, 15) is 16.8 Å². The monoisotopic (exact) mass is 808 g/mol. The largest absolute Gasteiger partial charge is 0.459 e. The fraction of sp³-hybridized carbons (Fsp3) is 0.208. The second kappa shape index (κ2) is 15.8. The molecule has 8 rings (SSSR count). The Balaban J connectivity index is 1.27. The molecule has 0 amide bonds. The predicted octanol–water partition coefficient (Wildman–Crippen LogP) is 8.40. The normalized spacial score (nSPS) is 18.4. The Bertz CT molecular complexity index is 2420. The van der Waals surface area contributed by atoms with Gasteiger partial charge in [-0.2, -0.15) is 0 Å². The molecular formula is C48H44N2O6S2.